The van der Waals surface area contributed by atoms with Crippen molar-refractivity contribution in [3.8, 4) is 11.5 Å². The zero-order chi connectivity index (χ0) is 16.1. The van der Waals surface area contributed by atoms with E-state index >= 15 is 0 Å². The lowest BCUT2D eigenvalue weighted by Crippen LogP contribution is -2.17. The van der Waals surface area contributed by atoms with Crippen molar-refractivity contribution in [3.63, 3.8) is 0 Å². The second-order valence-electron chi connectivity index (χ2n) is 4.25. The predicted molar refractivity (Wildman–Crippen MR) is 86.2 cm³/mol. The number of halogens is 2. The molecule has 0 saturated carbocycles. The lowest BCUT2D eigenvalue weighted by atomic mass is 10.2. The number of aromatic hydroxyl groups is 1. The molecule has 0 aliphatic rings. The molecule has 0 atom stereocenters. The van der Waals surface area contributed by atoms with E-state index in [0.29, 0.717) is 21.2 Å². The first-order valence-corrected chi connectivity index (χ1v) is 6.92. The Kier molecular flexibility index (Phi) is 5.25. The summed E-state index contributed by atoms with van der Waals surface area (Å²) in [5.41, 5.74) is 3.28. The molecule has 2 rings (SSSR count). The van der Waals surface area contributed by atoms with Crippen LogP contribution in [0.2, 0.25) is 10.0 Å². The maximum atomic E-state index is 11.9. The number of rotatable bonds is 4. The van der Waals surface area contributed by atoms with E-state index in [1.54, 1.807) is 18.2 Å². The standard InChI is InChI=1S/C15H12Cl2N2O3/c1-22-14-6-9(3-5-13(14)20)15(21)19-18-8-10-2-4-11(16)7-12(10)17/h2-8,20H,1H3,(H,19,21). The van der Waals surface area contributed by atoms with Crippen LogP contribution >= 0.6 is 23.2 Å². The van der Waals surface area contributed by atoms with E-state index in [4.69, 9.17) is 27.9 Å². The van der Waals surface area contributed by atoms with Gasteiger partial charge in [-0.05, 0) is 30.3 Å². The van der Waals surface area contributed by atoms with Gasteiger partial charge in [-0.25, -0.2) is 5.43 Å². The second-order valence-corrected chi connectivity index (χ2v) is 5.10. The predicted octanol–water partition coefficient (Wildman–Crippen LogP) is 3.47. The number of phenolic OH excluding ortho intramolecular Hbond substituents is 1. The van der Waals surface area contributed by atoms with E-state index in [2.05, 4.69) is 10.5 Å². The zero-order valence-electron chi connectivity index (χ0n) is 11.5. The highest BCUT2D eigenvalue weighted by atomic mass is 35.5. The van der Waals surface area contributed by atoms with Crippen molar-refractivity contribution in [2.24, 2.45) is 5.10 Å². The maximum absolute atomic E-state index is 11.9. The molecule has 0 aromatic heterocycles. The van der Waals surface area contributed by atoms with Gasteiger partial charge in [0.15, 0.2) is 11.5 Å². The van der Waals surface area contributed by atoms with E-state index < -0.39 is 5.91 Å². The van der Waals surface area contributed by atoms with Crippen LogP contribution in [0.15, 0.2) is 41.5 Å². The minimum absolute atomic E-state index is 0.0458. The number of carbonyl (C=O) groups is 1. The molecule has 0 aliphatic carbocycles. The molecule has 0 spiro atoms. The Hall–Kier alpha value is -2.24. The largest absolute Gasteiger partial charge is 0.504 e. The summed E-state index contributed by atoms with van der Waals surface area (Å²) >= 11 is 11.8. The molecule has 0 saturated heterocycles. The molecule has 2 aromatic rings. The van der Waals surface area contributed by atoms with Crippen molar-refractivity contribution < 1.29 is 14.6 Å². The van der Waals surface area contributed by atoms with Gasteiger partial charge < -0.3 is 9.84 Å². The van der Waals surface area contributed by atoms with Gasteiger partial charge in [-0.1, -0.05) is 29.3 Å². The normalized spacial score (nSPS) is 10.7. The fourth-order valence-electron chi connectivity index (χ4n) is 1.65. The average Bonchev–Trinajstić information content (AvgIpc) is 2.49. The van der Waals surface area contributed by atoms with Crippen LogP contribution in [0.25, 0.3) is 0 Å². The molecule has 5 nitrogen and oxygen atoms in total. The summed E-state index contributed by atoms with van der Waals surface area (Å²) in [7, 11) is 1.40. The SMILES string of the molecule is COc1cc(C(=O)NN=Cc2ccc(Cl)cc2Cl)ccc1O. The third-order valence-electron chi connectivity index (χ3n) is 2.77. The summed E-state index contributed by atoms with van der Waals surface area (Å²) in [6.45, 7) is 0. The molecular formula is C15H12Cl2N2O3. The van der Waals surface area contributed by atoms with E-state index in [1.165, 1.54) is 31.5 Å². The number of hydrogen-bond acceptors (Lipinski definition) is 4. The Morgan fingerprint density at radius 1 is 1.27 bits per heavy atom. The summed E-state index contributed by atoms with van der Waals surface area (Å²) in [5, 5.41) is 14.3. The Balaban J connectivity index is 2.07. The van der Waals surface area contributed by atoms with Crippen molar-refractivity contribution >= 4 is 35.3 Å². The quantitative estimate of drug-likeness (QED) is 0.662. The van der Waals surface area contributed by atoms with Gasteiger partial charge in [-0.15, -0.1) is 0 Å². The molecule has 7 heteroatoms. The molecule has 0 radical (unpaired) electrons. The maximum Gasteiger partial charge on any atom is 0.271 e. The lowest BCUT2D eigenvalue weighted by molar-refractivity contribution is 0.0955. The van der Waals surface area contributed by atoms with E-state index in [9.17, 15) is 9.90 Å². The number of methoxy groups -OCH3 is 1. The van der Waals surface area contributed by atoms with Gasteiger partial charge in [0.1, 0.15) is 0 Å². The fourth-order valence-corrected chi connectivity index (χ4v) is 2.11. The molecule has 2 N–H and O–H groups in total. The summed E-state index contributed by atoms with van der Waals surface area (Å²) in [6, 6.07) is 9.17. The number of phenols is 1. The van der Waals surface area contributed by atoms with Gasteiger partial charge in [-0.2, -0.15) is 5.10 Å². The van der Waals surface area contributed by atoms with Crippen molar-refractivity contribution in [1.29, 1.82) is 0 Å². The Bertz CT molecular complexity index is 733. The molecule has 0 unspecified atom stereocenters. The first kappa shape index (κ1) is 16.1. The number of nitrogens with zero attached hydrogens (tertiary/aromatic N) is 1. The number of carbonyl (C=O) groups excluding carboxylic acids is 1. The monoisotopic (exact) mass is 338 g/mol. The average molecular weight is 339 g/mol. The van der Waals surface area contributed by atoms with Gasteiger partial charge in [0.25, 0.3) is 5.91 Å². The highest BCUT2D eigenvalue weighted by Crippen LogP contribution is 2.26. The van der Waals surface area contributed by atoms with Gasteiger partial charge in [0.2, 0.25) is 0 Å². The van der Waals surface area contributed by atoms with E-state index in [0.717, 1.165) is 0 Å². The van der Waals surface area contributed by atoms with Crippen LogP contribution in [-0.2, 0) is 0 Å². The molecule has 0 heterocycles. The van der Waals surface area contributed by atoms with Crippen molar-refractivity contribution in [2.45, 2.75) is 0 Å². The number of hydrogen-bond donors (Lipinski definition) is 2. The third kappa shape index (κ3) is 3.90. The van der Waals surface area contributed by atoms with E-state index in [-0.39, 0.29) is 11.5 Å². The van der Waals surface area contributed by atoms with Crippen molar-refractivity contribution in [3.05, 3.63) is 57.6 Å². The van der Waals surface area contributed by atoms with Gasteiger partial charge in [-0.3, -0.25) is 4.79 Å². The summed E-state index contributed by atoms with van der Waals surface area (Å²) in [5.74, 6) is -0.285. The first-order valence-electron chi connectivity index (χ1n) is 6.16. The summed E-state index contributed by atoms with van der Waals surface area (Å²) in [4.78, 5) is 11.9. The Morgan fingerprint density at radius 2 is 2.05 bits per heavy atom. The van der Waals surface area contributed by atoms with Gasteiger partial charge in [0, 0.05) is 16.1 Å². The number of benzene rings is 2. The number of nitrogens with one attached hydrogen (secondary N) is 1. The lowest BCUT2D eigenvalue weighted by Gasteiger charge is -2.05. The van der Waals surface area contributed by atoms with Crippen LogP contribution in [0.1, 0.15) is 15.9 Å². The smallest absolute Gasteiger partial charge is 0.271 e. The summed E-state index contributed by atoms with van der Waals surface area (Å²) < 4.78 is 4.94. The summed E-state index contributed by atoms with van der Waals surface area (Å²) in [6.07, 6.45) is 1.41. The van der Waals surface area contributed by atoms with Crippen LogP contribution in [0.3, 0.4) is 0 Å². The third-order valence-corrected chi connectivity index (χ3v) is 3.34. The Morgan fingerprint density at radius 3 is 2.73 bits per heavy atom. The molecule has 2 aromatic carbocycles. The molecule has 1 amide bonds. The number of hydrazone groups is 1. The highest BCUT2D eigenvalue weighted by Gasteiger charge is 2.09. The Labute approximate surface area is 137 Å². The van der Waals surface area contributed by atoms with Gasteiger partial charge >= 0.3 is 0 Å². The van der Waals surface area contributed by atoms with Crippen LogP contribution < -0.4 is 10.2 Å². The molecule has 0 fully saturated rings. The van der Waals surface area contributed by atoms with Crippen LogP contribution in [0.4, 0.5) is 0 Å². The fraction of sp³-hybridized carbons (Fsp3) is 0.0667. The minimum Gasteiger partial charge on any atom is -0.504 e. The topological polar surface area (TPSA) is 70.9 Å². The van der Waals surface area contributed by atoms with Crippen molar-refractivity contribution in [1.82, 2.24) is 5.43 Å². The van der Waals surface area contributed by atoms with Crippen LogP contribution in [-0.4, -0.2) is 24.3 Å². The molecule has 0 bridgehead atoms. The number of amides is 1. The second kappa shape index (κ2) is 7.15. The van der Waals surface area contributed by atoms with Gasteiger partial charge in [0.05, 0.1) is 18.3 Å². The van der Waals surface area contributed by atoms with Crippen LogP contribution in [0.5, 0.6) is 11.5 Å². The molecule has 22 heavy (non-hydrogen) atoms. The highest BCUT2D eigenvalue weighted by molar-refractivity contribution is 6.36. The van der Waals surface area contributed by atoms with E-state index in [1.807, 2.05) is 0 Å². The molecule has 0 aliphatic heterocycles. The molecular weight excluding hydrogens is 327 g/mol. The molecule has 114 valence electrons. The first-order chi connectivity index (χ1) is 10.5. The minimum atomic E-state index is -0.445. The zero-order valence-corrected chi connectivity index (χ0v) is 13.0. The van der Waals surface area contributed by atoms with Crippen LogP contribution in [0, 0.1) is 0 Å². The number of ether oxygens (including phenoxy) is 1. The van der Waals surface area contributed by atoms with Crippen molar-refractivity contribution in [2.75, 3.05) is 7.11 Å².